The third kappa shape index (κ3) is 6.78. The molecule has 0 aliphatic rings. The molecule has 0 saturated carbocycles. The standard InChI is InChI=1S/C31H38N4O3S2/c1-5-24-14-19-28-29(22-24)39-31(32-28)35(21-20-33(6-2)7-3)30(36)26-15-17-27(18-16-26)40(37,38)34(8-4)23-25-12-10-9-11-13-25/h9-19,22H,5-8,20-21,23H2,1-4H3. The molecular weight excluding hydrogens is 541 g/mol. The summed E-state index contributed by atoms with van der Waals surface area (Å²) in [4.78, 5) is 22.8. The molecule has 7 nitrogen and oxygen atoms in total. The number of fused-ring (bicyclic) bond motifs is 1. The molecule has 4 aromatic rings. The highest BCUT2D eigenvalue weighted by Crippen LogP contribution is 2.31. The van der Waals surface area contributed by atoms with Crippen LogP contribution < -0.4 is 4.90 Å². The molecule has 1 amide bonds. The number of amides is 1. The van der Waals surface area contributed by atoms with Crippen molar-refractivity contribution in [3.05, 3.63) is 89.5 Å². The minimum absolute atomic E-state index is 0.170. The predicted molar refractivity (Wildman–Crippen MR) is 165 cm³/mol. The monoisotopic (exact) mass is 578 g/mol. The molecule has 9 heteroatoms. The Bertz CT molecular complexity index is 1520. The van der Waals surface area contributed by atoms with E-state index in [0.717, 1.165) is 35.3 Å². The fraction of sp³-hybridized carbons (Fsp3) is 0.355. The molecule has 40 heavy (non-hydrogen) atoms. The van der Waals surface area contributed by atoms with Gasteiger partial charge in [-0.05, 0) is 67.0 Å². The van der Waals surface area contributed by atoms with Crippen LogP contribution in [0.15, 0.2) is 77.7 Å². The fourth-order valence-electron chi connectivity index (χ4n) is 4.59. The number of benzene rings is 3. The van der Waals surface area contributed by atoms with Gasteiger partial charge >= 0.3 is 0 Å². The number of aromatic nitrogens is 1. The number of anilines is 1. The Labute approximate surface area is 242 Å². The zero-order chi connectivity index (χ0) is 28.7. The Morgan fingerprint density at radius 1 is 0.825 bits per heavy atom. The van der Waals surface area contributed by atoms with Crippen LogP contribution >= 0.6 is 11.3 Å². The number of likely N-dealkylation sites (N-methyl/N-ethyl adjacent to an activating group) is 1. The number of aryl methyl sites for hydroxylation is 1. The maximum absolute atomic E-state index is 13.8. The van der Waals surface area contributed by atoms with Crippen LogP contribution in [0.4, 0.5) is 5.13 Å². The lowest BCUT2D eigenvalue weighted by atomic mass is 10.2. The first-order valence-corrected chi connectivity index (χ1v) is 16.1. The second kappa shape index (κ2) is 13.5. The van der Waals surface area contributed by atoms with Crippen molar-refractivity contribution >= 4 is 42.6 Å². The van der Waals surface area contributed by atoms with Crippen LogP contribution in [-0.4, -0.2) is 61.2 Å². The lowest BCUT2D eigenvalue weighted by molar-refractivity contribution is 0.0983. The molecule has 0 saturated heterocycles. The largest absolute Gasteiger partial charge is 0.302 e. The Hall–Kier alpha value is -3.11. The summed E-state index contributed by atoms with van der Waals surface area (Å²) < 4.78 is 29.3. The number of thiazole rings is 1. The number of rotatable bonds is 13. The van der Waals surface area contributed by atoms with Crippen molar-refractivity contribution in [1.82, 2.24) is 14.2 Å². The normalized spacial score (nSPS) is 11.9. The number of hydrogen-bond donors (Lipinski definition) is 0. The summed E-state index contributed by atoms with van der Waals surface area (Å²) in [6.45, 7) is 11.8. The van der Waals surface area contributed by atoms with Crippen LogP contribution in [-0.2, 0) is 23.0 Å². The van der Waals surface area contributed by atoms with Crippen molar-refractivity contribution in [2.75, 3.05) is 37.6 Å². The van der Waals surface area contributed by atoms with Crippen LogP contribution in [0.25, 0.3) is 10.2 Å². The molecule has 1 aromatic heterocycles. The zero-order valence-corrected chi connectivity index (χ0v) is 25.3. The summed E-state index contributed by atoms with van der Waals surface area (Å²) in [6.07, 6.45) is 0.934. The molecule has 0 unspecified atom stereocenters. The van der Waals surface area contributed by atoms with Crippen molar-refractivity contribution < 1.29 is 13.2 Å². The average Bonchev–Trinajstić information content (AvgIpc) is 3.41. The summed E-state index contributed by atoms with van der Waals surface area (Å²) >= 11 is 1.51. The van der Waals surface area contributed by atoms with Crippen LogP contribution in [0.2, 0.25) is 0 Å². The van der Waals surface area contributed by atoms with Gasteiger partial charge in [-0.25, -0.2) is 13.4 Å². The summed E-state index contributed by atoms with van der Waals surface area (Å²) in [6, 6.07) is 22.0. The Morgan fingerprint density at radius 2 is 1.52 bits per heavy atom. The fourth-order valence-corrected chi connectivity index (χ4v) is 7.08. The van der Waals surface area contributed by atoms with E-state index in [4.69, 9.17) is 4.98 Å². The van der Waals surface area contributed by atoms with Crippen molar-refractivity contribution in [1.29, 1.82) is 0 Å². The maximum atomic E-state index is 13.8. The van der Waals surface area contributed by atoms with Crippen molar-refractivity contribution in [3.63, 3.8) is 0 Å². The molecule has 0 bridgehead atoms. The van der Waals surface area contributed by atoms with Gasteiger partial charge in [0.25, 0.3) is 5.91 Å². The van der Waals surface area contributed by atoms with Crippen molar-refractivity contribution in [2.24, 2.45) is 0 Å². The van der Waals surface area contributed by atoms with Gasteiger partial charge in [0.2, 0.25) is 10.0 Å². The zero-order valence-electron chi connectivity index (χ0n) is 23.7. The first-order valence-electron chi connectivity index (χ1n) is 13.9. The van der Waals surface area contributed by atoms with E-state index in [1.165, 1.54) is 33.3 Å². The topological polar surface area (TPSA) is 73.8 Å². The molecule has 0 N–H and O–H groups in total. The van der Waals surface area contributed by atoms with Gasteiger partial charge in [0.05, 0.1) is 15.1 Å². The van der Waals surface area contributed by atoms with E-state index in [0.29, 0.717) is 30.3 Å². The minimum Gasteiger partial charge on any atom is -0.302 e. The number of sulfonamides is 1. The minimum atomic E-state index is -3.72. The van der Waals surface area contributed by atoms with E-state index in [9.17, 15) is 13.2 Å². The van der Waals surface area contributed by atoms with Crippen molar-refractivity contribution in [3.8, 4) is 0 Å². The highest BCUT2D eigenvalue weighted by atomic mass is 32.2. The Morgan fingerprint density at radius 3 is 2.15 bits per heavy atom. The molecule has 0 atom stereocenters. The summed E-state index contributed by atoms with van der Waals surface area (Å²) in [7, 11) is -3.72. The molecule has 0 radical (unpaired) electrons. The van der Waals surface area contributed by atoms with Crippen LogP contribution in [0, 0.1) is 0 Å². The smallest absolute Gasteiger partial charge is 0.260 e. The molecule has 0 spiro atoms. The van der Waals surface area contributed by atoms with E-state index in [-0.39, 0.29) is 17.3 Å². The van der Waals surface area contributed by atoms with Gasteiger partial charge in [-0.15, -0.1) is 0 Å². The Kier molecular flexibility index (Phi) is 10.1. The second-order valence-corrected chi connectivity index (χ2v) is 12.5. The third-order valence-corrected chi connectivity index (χ3v) is 10.1. The van der Waals surface area contributed by atoms with Crippen LogP contribution in [0.5, 0.6) is 0 Å². The molecule has 212 valence electrons. The molecule has 1 heterocycles. The van der Waals surface area contributed by atoms with Gasteiger partial charge < -0.3 is 4.90 Å². The SMILES string of the molecule is CCc1ccc2nc(N(CCN(CC)CC)C(=O)c3ccc(S(=O)(=O)N(CC)Cc4ccccc4)cc3)sc2c1. The highest BCUT2D eigenvalue weighted by molar-refractivity contribution is 7.89. The second-order valence-electron chi connectivity index (χ2n) is 9.58. The molecule has 0 aliphatic heterocycles. The molecule has 3 aromatic carbocycles. The maximum Gasteiger partial charge on any atom is 0.260 e. The lowest BCUT2D eigenvalue weighted by Gasteiger charge is -2.25. The van der Waals surface area contributed by atoms with Gasteiger partial charge in [-0.3, -0.25) is 9.69 Å². The van der Waals surface area contributed by atoms with E-state index in [1.807, 2.05) is 43.3 Å². The number of nitrogens with zero attached hydrogens (tertiary/aromatic N) is 4. The van der Waals surface area contributed by atoms with E-state index in [1.54, 1.807) is 17.0 Å². The van der Waals surface area contributed by atoms with Gasteiger partial charge in [-0.2, -0.15) is 4.31 Å². The van der Waals surface area contributed by atoms with Crippen LogP contribution in [0.1, 0.15) is 49.2 Å². The highest BCUT2D eigenvalue weighted by Gasteiger charge is 2.26. The summed E-state index contributed by atoms with van der Waals surface area (Å²) in [5.74, 6) is -0.192. The lowest BCUT2D eigenvalue weighted by Crippen LogP contribution is -2.39. The molecule has 0 fully saturated rings. The molecular formula is C31H38N4O3S2. The van der Waals surface area contributed by atoms with Gasteiger partial charge in [0.15, 0.2) is 5.13 Å². The average molecular weight is 579 g/mol. The summed E-state index contributed by atoms with van der Waals surface area (Å²) in [5.41, 5.74) is 3.45. The van der Waals surface area contributed by atoms with Crippen LogP contribution in [0.3, 0.4) is 0 Å². The number of hydrogen-bond acceptors (Lipinski definition) is 6. The van der Waals surface area contributed by atoms with Crippen molar-refractivity contribution in [2.45, 2.75) is 45.6 Å². The number of carbonyl (C=O) groups is 1. The van der Waals surface area contributed by atoms with Gasteiger partial charge in [0, 0.05) is 31.7 Å². The third-order valence-electron chi connectivity index (χ3n) is 7.15. The molecule has 0 aliphatic carbocycles. The molecule has 4 rings (SSSR count). The Balaban J connectivity index is 1.61. The predicted octanol–water partition coefficient (Wildman–Crippen LogP) is 6.06. The summed E-state index contributed by atoms with van der Waals surface area (Å²) in [5, 5.41) is 0.650. The quantitative estimate of drug-likeness (QED) is 0.193. The number of carbonyl (C=O) groups excluding carboxylic acids is 1. The van der Waals surface area contributed by atoms with Gasteiger partial charge in [0.1, 0.15) is 0 Å². The van der Waals surface area contributed by atoms with E-state index in [2.05, 4.69) is 37.8 Å². The van der Waals surface area contributed by atoms with E-state index >= 15 is 0 Å². The van der Waals surface area contributed by atoms with Gasteiger partial charge in [-0.1, -0.05) is 75.4 Å². The van der Waals surface area contributed by atoms with E-state index < -0.39 is 10.0 Å². The first kappa shape index (κ1) is 29.9. The first-order chi connectivity index (χ1) is 19.3.